The van der Waals surface area contributed by atoms with E-state index in [1.54, 1.807) is 0 Å². The molecule has 1 amide bonds. The fraction of sp³-hybridized carbons (Fsp3) is 0.706. The second-order valence-electron chi connectivity index (χ2n) is 6.25. The summed E-state index contributed by atoms with van der Waals surface area (Å²) in [6.45, 7) is 8.15. The summed E-state index contributed by atoms with van der Waals surface area (Å²) < 4.78 is 0. The molecule has 7 heteroatoms. The highest BCUT2D eigenvalue weighted by molar-refractivity contribution is 7.13. The van der Waals surface area contributed by atoms with Crippen LogP contribution in [0.15, 0.2) is 0 Å². The van der Waals surface area contributed by atoms with E-state index in [1.165, 1.54) is 11.3 Å². The van der Waals surface area contributed by atoms with Gasteiger partial charge >= 0.3 is 5.97 Å². The molecular weight excluding hydrogens is 326 g/mol. The number of piperidine rings is 1. The Morgan fingerprint density at radius 2 is 2.00 bits per heavy atom. The van der Waals surface area contributed by atoms with Gasteiger partial charge in [0.1, 0.15) is 4.88 Å². The van der Waals surface area contributed by atoms with Gasteiger partial charge in [0.05, 0.1) is 17.2 Å². The van der Waals surface area contributed by atoms with Crippen LogP contribution in [0.25, 0.3) is 0 Å². The first-order valence-electron chi connectivity index (χ1n) is 8.67. The van der Waals surface area contributed by atoms with E-state index in [-0.39, 0.29) is 18.5 Å². The SMILES string of the molecule is CCCc1nc(C)c(C(=O)N2CCC(N(CC)CC(=O)O)CC2)s1. The summed E-state index contributed by atoms with van der Waals surface area (Å²) in [6, 6.07) is 0.244. The molecule has 1 aromatic rings. The number of rotatable bonds is 7. The quantitative estimate of drug-likeness (QED) is 0.815. The summed E-state index contributed by atoms with van der Waals surface area (Å²) in [7, 11) is 0. The van der Waals surface area contributed by atoms with Crippen LogP contribution in [-0.2, 0) is 11.2 Å². The molecule has 0 aliphatic carbocycles. The number of likely N-dealkylation sites (N-methyl/N-ethyl adjacent to an activating group) is 1. The molecule has 24 heavy (non-hydrogen) atoms. The van der Waals surface area contributed by atoms with Crippen molar-refractivity contribution < 1.29 is 14.7 Å². The monoisotopic (exact) mass is 353 g/mol. The lowest BCUT2D eigenvalue weighted by Gasteiger charge is -2.37. The van der Waals surface area contributed by atoms with Crippen LogP contribution in [0.5, 0.6) is 0 Å². The fourth-order valence-corrected chi connectivity index (χ4v) is 4.36. The number of nitrogens with zero attached hydrogens (tertiary/aromatic N) is 3. The number of amides is 1. The van der Waals surface area contributed by atoms with Crippen molar-refractivity contribution in [1.29, 1.82) is 0 Å². The van der Waals surface area contributed by atoms with Crippen molar-refractivity contribution in [3.8, 4) is 0 Å². The van der Waals surface area contributed by atoms with Gasteiger partial charge in [-0.1, -0.05) is 13.8 Å². The van der Waals surface area contributed by atoms with E-state index in [0.717, 1.165) is 47.8 Å². The smallest absolute Gasteiger partial charge is 0.317 e. The maximum Gasteiger partial charge on any atom is 0.317 e. The number of thiazole rings is 1. The minimum Gasteiger partial charge on any atom is -0.480 e. The molecule has 0 bridgehead atoms. The van der Waals surface area contributed by atoms with E-state index in [1.807, 2.05) is 23.6 Å². The molecular formula is C17H27N3O3S. The van der Waals surface area contributed by atoms with Gasteiger partial charge in [-0.05, 0) is 39.2 Å². The maximum atomic E-state index is 12.8. The number of likely N-dealkylation sites (tertiary alicyclic amines) is 1. The minimum atomic E-state index is -0.793. The Bertz CT molecular complexity index is 580. The van der Waals surface area contributed by atoms with Gasteiger partial charge in [0.2, 0.25) is 0 Å². The van der Waals surface area contributed by atoms with E-state index in [4.69, 9.17) is 5.11 Å². The van der Waals surface area contributed by atoms with Crippen LogP contribution in [0, 0.1) is 6.92 Å². The van der Waals surface area contributed by atoms with Gasteiger partial charge in [0.25, 0.3) is 5.91 Å². The number of carbonyl (C=O) groups is 2. The second kappa shape index (κ2) is 8.58. The van der Waals surface area contributed by atoms with Crippen molar-refractivity contribution in [2.45, 2.75) is 52.5 Å². The molecule has 1 saturated heterocycles. The number of carboxylic acid groups (broad SMARTS) is 1. The van der Waals surface area contributed by atoms with E-state index in [9.17, 15) is 9.59 Å². The number of aryl methyl sites for hydroxylation is 2. The van der Waals surface area contributed by atoms with Crippen molar-refractivity contribution in [3.05, 3.63) is 15.6 Å². The molecule has 134 valence electrons. The summed E-state index contributed by atoms with van der Waals surface area (Å²) >= 11 is 1.52. The van der Waals surface area contributed by atoms with Crippen LogP contribution in [0.3, 0.4) is 0 Å². The second-order valence-corrected chi connectivity index (χ2v) is 7.34. The molecule has 2 heterocycles. The molecule has 1 aromatic heterocycles. The summed E-state index contributed by atoms with van der Waals surface area (Å²) in [5, 5.41) is 10.0. The van der Waals surface area contributed by atoms with Crippen LogP contribution in [0.2, 0.25) is 0 Å². The first-order chi connectivity index (χ1) is 11.5. The standard InChI is InChI=1S/C17H27N3O3S/c1-4-6-14-18-12(3)16(24-14)17(23)20-9-7-13(8-10-20)19(5-2)11-15(21)22/h13H,4-11H2,1-3H3,(H,21,22). The third kappa shape index (κ3) is 4.54. The molecule has 1 fully saturated rings. The average molecular weight is 353 g/mol. The normalized spacial score (nSPS) is 15.9. The Hall–Kier alpha value is -1.47. The van der Waals surface area contributed by atoms with Gasteiger partial charge in [-0.25, -0.2) is 4.98 Å². The largest absolute Gasteiger partial charge is 0.480 e. The first-order valence-corrected chi connectivity index (χ1v) is 9.49. The van der Waals surface area contributed by atoms with E-state index >= 15 is 0 Å². The van der Waals surface area contributed by atoms with Crippen molar-refractivity contribution >= 4 is 23.2 Å². The molecule has 2 rings (SSSR count). The minimum absolute atomic E-state index is 0.0729. The number of carboxylic acids is 1. The predicted molar refractivity (Wildman–Crippen MR) is 94.7 cm³/mol. The van der Waals surface area contributed by atoms with Gasteiger partial charge in [-0.15, -0.1) is 11.3 Å². The van der Waals surface area contributed by atoms with Crippen LogP contribution in [0.1, 0.15) is 53.5 Å². The lowest BCUT2D eigenvalue weighted by molar-refractivity contribution is -0.139. The topological polar surface area (TPSA) is 73.7 Å². The zero-order valence-corrected chi connectivity index (χ0v) is 15.6. The highest BCUT2D eigenvalue weighted by atomic mass is 32.1. The van der Waals surface area contributed by atoms with Crippen molar-refractivity contribution in [2.75, 3.05) is 26.2 Å². The van der Waals surface area contributed by atoms with Gasteiger partial charge in [0.15, 0.2) is 0 Å². The van der Waals surface area contributed by atoms with Crippen LogP contribution in [-0.4, -0.2) is 64.0 Å². The predicted octanol–water partition coefficient (Wildman–Crippen LogP) is 2.42. The van der Waals surface area contributed by atoms with Crippen LogP contribution >= 0.6 is 11.3 Å². The third-order valence-electron chi connectivity index (χ3n) is 4.51. The molecule has 0 saturated carbocycles. The summed E-state index contributed by atoms with van der Waals surface area (Å²) in [5.74, 6) is -0.716. The molecule has 1 N–H and O–H groups in total. The Morgan fingerprint density at radius 1 is 1.33 bits per heavy atom. The number of aliphatic carboxylic acids is 1. The zero-order valence-electron chi connectivity index (χ0n) is 14.7. The van der Waals surface area contributed by atoms with Crippen LogP contribution in [0.4, 0.5) is 0 Å². The summed E-state index contributed by atoms with van der Waals surface area (Å²) in [5.41, 5.74) is 0.830. The van der Waals surface area contributed by atoms with Gasteiger partial charge < -0.3 is 10.0 Å². The number of carbonyl (C=O) groups excluding carboxylic acids is 1. The number of hydrogen-bond donors (Lipinski definition) is 1. The number of hydrogen-bond acceptors (Lipinski definition) is 5. The van der Waals surface area contributed by atoms with E-state index in [0.29, 0.717) is 13.1 Å². The Labute approximate surface area is 147 Å². The van der Waals surface area contributed by atoms with Crippen LogP contribution < -0.4 is 0 Å². The summed E-state index contributed by atoms with van der Waals surface area (Å²) in [4.78, 5) is 32.8. The summed E-state index contributed by atoms with van der Waals surface area (Å²) in [6.07, 6.45) is 3.60. The molecule has 0 radical (unpaired) electrons. The molecule has 1 aliphatic heterocycles. The van der Waals surface area contributed by atoms with Gasteiger partial charge in [-0.3, -0.25) is 14.5 Å². The van der Waals surface area contributed by atoms with Gasteiger partial charge in [0, 0.05) is 19.1 Å². The molecule has 6 nitrogen and oxygen atoms in total. The third-order valence-corrected chi connectivity index (χ3v) is 5.72. The lowest BCUT2D eigenvalue weighted by Crippen LogP contribution is -2.48. The number of aromatic nitrogens is 1. The Morgan fingerprint density at radius 3 is 2.54 bits per heavy atom. The highest BCUT2D eigenvalue weighted by Gasteiger charge is 2.29. The van der Waals surface area contributed by atoms with E-state index < -0.39 is 5.97 Å². The lowest BCUT2D eigenvalue weighted by atomic mass is 10.0. The van der Waals surface area contributed by atoms with Crippen molar-refractivity contribution in [2.24, 2.45) is 0 Å². The molecule has 0 unspecified atom stereocenters. The van der Waals surface area contributed by atoms with Gasteiger partial charge in [-0.2, -0.15) is 0 Å². The maximum absolute atomic E-state index is 12.8. The molecule has 0 aromatic carbocycles. The van der Waals surface area contributed by atoms with Crippen molar-refractivity contribution in [3.63, 3.8) is 0 Å². The highest BCUT2D eigenvalue weighted by Crippen LogP contribution is 2.24. The van der Waals surface area contributed by atoms with Crippen molar-refractivity contribution in [1.82, 2.24) is 14.8 Å². The fourth-order valence-electron chi connectivity index (χ4n) is 3.22. The molecule has 0 atom stereocenters. The molecule has 0 spiro atoms. The van der Waals surface area contributed by atoms with E-state index in [2.05, 4.69) is 11.9 Å². The first kappa shape index (κ1) is 18.9. The average Bonchev–Trinajstić information content (AvgIpc) is 2.93. The Kier molecular flexibility index (Phi) is 6.74. The molecule has 1 aliphatic rings. The Balaban J connectivity index is 1.96. The zero-order chi connectivity index (χ0) is 17.7.